The van der Waals surface area contributed by atoms with E-state index < -0.39 is 5.97 Å². The number of hydrogen-bond donors (Lipinski definition) is 2. The molecule has 1 rings (SSSR count). The third kappa shape index (κ3) is 12.9. The van der Waals surface area contributed by atoms with E-state index in [9.17, 15) is 0 Å². The molecule has 0 aliphatic carbocycles. The Morgan fingerprint density at radius 3 is 1.90 bits per heavy atom. The minimum Gasteiger partial charge on any atom is -0.508 e. The Bertz CT molecular complexity index is 340. The standard InChI is InChI=1S/C15H24O.C2H4O2/c1-2-3-4-5-6-7-8-9-14-10-12-15(16)13-11-14;1-2(3)4/h10-13,16H,2-9H2,1H3;1H3,(H,3,4). The molecule has 3 heteroatoms. The van der Waals surface area contributed by atoms with Gasteiger partial charge in [-0.1, -0.05) is 57.6 Å². The number of rotatable bonds is 8. The number of phenols is 1. The first-order chi connectivity index (χ1) is 9.56. The maximum atomic E-state index is 9.15. The van der Waals surface area contributed by atoms with Crippen LogP contribution in [0.2, 0.25) is 0 Å². The number of hydrogen-bond acceptors (Lipinski definition) is 2. The molecule has 0 spiro atoms. The molecular formula is C17H28O3. The van der Waals surface area contributed by atoms with Crippen LogP contribution in [0.1, 0.15) is 64.4 Å². The van der Waals surface area contributed by atoms with Crippen molar-refractivity contribution in [3.63, 3.8) is 0 Å². The molecule has 0 amide bonds. The highest BCUT2D eigenvalue weighted by Crippen LogP contribution is 2.13. The molecule has 0 aliphatic heterocycles. The van der Waals surface area contributed by atoms with Crippen LogP contribution in [0.3, 0.4) is 0 Å². The van der Waals surface area contributed by atoms with Crippen LogP contribution in [0, 0.1) is 0 Å². The number of aryl methyl sites for hydroxylation is 1. The summed E-state index contributed by atoms with van der Waals surface area (Å²) in [4.78, 5) is 9.00. The van der Waals surface area contributed by atoms with E-state index >= 15 is 0 Å². The van der Waals surface area contributed by atoms with Gasteiger partial charge in [0.15, 0.2) is 0 Å². The zero-order chi connectivity index (χ0) is 15.2. The van der Waals surface area contributed by atoms with Crippen molar-refractivity contribution in [3.8, 4) is 5.75 Å². The van der Waals surface area contributed by atoms with Gasteiger partial charge in [0.1, 0.15) is 5.75 Å². The first kappa shape index (κ1) is 18.5. The zero-order valence-electron chi connectivity index (χ0n) is 12.8. The Hall–Kier alpha value is -1.51. The lowest BCUT2D eigenvalue weighted by molar-refractivity contribution is -0.134. The average molecular weight is 280 g/mol. The van der Waals surface area contributed by atoms with E-state index in [2.05, 4.69) is 6.92 Å². The first-order valence-corrected chi connectivity index (χ1v) is 7.53. The Kier molecular flexibility index (Phi) is 11.6. The number of carboxylic acids is 1. The molecule has 0 heterocycles. The zero-order valence-corrected chi connectivity index (χ0v) is 12.8. The van der Waals surface area contributed by atoms with Gasteiger partial charge >= 0.3 is 0 Å². The molecule has 0 aromatic heterocycles. The monoisotopic (exact) mass is 280 g/mol. The molecule has 0 atom stereocenters. The van der Waals surface area contributed by atoms with Gasteiger partial charge in [-0.05, 0) is 30.5 Å². The fourth-order valence-corrected chi connectivity index (χ4v) is 1.95. The van der Waals surface area contributed by atoms with Crippen LogP contribution < -0.4 is 0 Å². The number of unbranched alkanes of at least 4 members (excludes halogenated alkanes) is 6. The van der Waals surface area contributed by atoms with Gasteiger partial charge in [-0.25, -0.2) is 0 Å². The number of phenolic OH excluding ortho intramolecular Hbond substituents is 1. The predicted octanol–water partition coefficient (Wildman–Crippen LogP) is 4.78. The number of carboxylic acid groups (broad SMARTS) is 1. The van der Waals surface area contributed by atoms with E-state index in [1.54, 1.807) is 12.1 Å². The minimum absolute atomic E-state index is 0.364. The van der Waals surface area contributed by atoms with Crippen LogP contribution in [0.25, 0.3) is 0 Å². The molecule has 0 saturated carbocycles. The maximum absolute atomic E-state index is 9.15. The molecule has 1 aromatic carbocycles. The normalized spacial score (nSPS) is 9.70. The van der Waals surface area contributed by atoms with Crippen molar-refractivity contribution in [2.75, 3.05) is 0 Å². The molecule has 20 heavy (non-hydrogen) atoms. The van der Waals surface area contributed by atoms with Crippen molar-refractivity contribution < 1.29 is 15.0 Å². The van der Waals surface area contributed by atoms with Crippen LogP contribution >= 0.6 is 0 Å². The van der Waals surface area contributed by atoms with Crippen LogP contribution in [0.15, 0.2) is 24.3 Å². The Labute approximate surface area is 122 Å². The lowest BCUT2D eigenvalue weighted by Crippen LogP contribution is -1.85. The van der Waals surface area contributed by atoms with E-state index in [0.29, 0.717) is 5.75 Å². The van der Waals surface area contributed by atoms with Crippen LogP contribution in [0.5, 0.6) is 5.75 Å². The highest BCUT2D eigenvalue weighted by molar-refractivity contribution is 5.62. The molecule has 2 N–H and O–H groups in total. The summed E-state index contributed by atoms with van der Waals surface area (Å²) in [6.07, 6.45) is 10.6. The maximum Gasteiger partial charge on any atom is 0.300 e. The molecule has 1 aromatic rings. The largest absolute Gasteiger partial charge is 0.508 e. The van der Waals surface area contributed by atoms with Gasteiger partial charge in [-0.15, -0.1) is 0 Å². The van der Waals surface area contributed by atoms with Crippen molar-refractivity contribution in [1.29, 1.82) is 0 Å². The van der Waals surface area contributed by atoms with Gasteiger partial charge in [0, 0.05) is 6.92 Å². The molecule has 3 nitrogen and oxygen atoms in total. The summed E-state index contributed by atoms with van der Waals surface area (Å²) >= 11 is 0. The Balaban J connectivity index is 0.000000796. The highest BCUT2D eigenvalue weighted by Gasteiger charge is 1.94. The minimum atomic E-state index is -0.833. The van der Waals surface area contributed by atoms with Crippen molar-refractivity contribution in [3.05, 3.63) is 29.8 Å². The van der Waals surface area contributed by atoms with E-state index in [-0.39, 0.29) is 0 Å². The molecule has 0 bridgehead atoms. The van der Waals surface area contributed by atoms with E-state index in [1.807, 2.05) is 12.1 Å². The first-order valence-electron chi connectivity index (χ1n) is 7.53. The summed E-state index contributed by atoms with van der Waals surface area (Å²) < 4.78 is 0. The number of aromatic hydroxyl groups is 1. The topological polar surface area (TPSA) is 57.5 Å². The molecule has 0 unspecified atom stereocenters. The van der Waals surface area contributed by atoms with Gasteiger partial charge in [-0.2, -0.15) is 0 Å². The highest BCUT2D eigenvalue weighted by atomic mass is 16.4. The lowest BCUT2D eigenvalue weighted by atomic mass is 10.0. The van der Waals surface area contributed by atoms with Gasteiger partial charge in [-0.3, -0.25) is 4.79 Å². The molecule has 0 saturated heterocycles. The molecule has 0 aliphatic rings. The van der Waals surface area contributed by atoms with Gasteiger partial charge in [0.25, 0.3) is 5.97 Å². The summed E-state index contributed by atoms with van der Waals surface area (Å²) in [5.41, 5.74) is 1.34. The van der Waals surface area contributed by atoms with Crippen LogP contribution in [-0.4, -0.2) is 16.2 Å². The Morgan fingerprint density at radius 1 is 0.950 bits per heavy atom. The third-order valence-corrected chi connectivity index (χ3v) is 3.01. The van der Waals surface area contributed by atoms with Crippen LogP contribution in [0.4, 0.5) is 0 Å². The second kappa shape index (κ2) is 12.5. The predicted molar refractivity (Wildman–Crippen MR) is 83.1 cm³/mol. The van der Waals surface area contributed by atoms with Gasteiger partial charge in [0.05, 0.1) is 0 Å². The summed E-state index contributed by atoms with van der Waals surface area (Å²) in [5, 5.41) is 16.6. The van der Waals surface area contributed by atoms with Gasteiger partial charge in [0.2, 0.25) is 0 Å². The van der Waals surface area contributed by atoms with Gasteiger partial charge < -0.3 is 10.2 Å². The summed E-state index contributed by atoms with van der Waals surface area (Å²) in [7, 11) is 0. The number of aliphatic carboxylic acids is 1. The van der Waals surface area contributed by atoms with E-state index in [1.165, 1.54) is 50.5 Å². The second-order valence-electron chi connectivity index (χ2n) is 5.06. The Morgan fingerprint density at radius 2 is 1.40 bits per heavy atom. The van der Waals surface area contributed by atoms with Crippen LogP contribution in [-0.2, 0) is 11.2 Å². The van der Waals surface area contributed by atoms with Crippen molar-refractivity contribution >= 4 is 5.97 Å². The summed E-state index contributed by atoms with van der Waals surface area (Å²) in [5.74, 6) is -0.469. The fraction of sp³-hybridized carbons (Fsp3) is 0.588. The third-order valence-electron chi connectivity index (χ3n) is 3.01. The number of benzene rings is 1. The number of carbonyl (C=O) groups is 1. The van der Waals surface area contributed by atoms with Crippen molar-refractivity contribution in [2.24, 2.45) is 0 Å². The molecule has 0 radical (unpaired) electrons. The molecular weight excluding hydrogens is 252 g/mol. The quantitative estimate of drug-likeness (QED) is 0.674. The van der Waals surface area contributed by atoms with E-state index in [4.69, 9.17) is 15.0 Å². The fourth-order valence-electron chi connectivity index (χ4n) is 1.95. The van der Waals surface area contributed by atoms with Crippen molar-refractivity contribution in [2.45, 2.75) is 65.2 Å². The SMILES string of the molecule is CC(=O)O.CCCCCCCCCc1ccc(O)cc1. The summed E-state index contributed by atoms with van der Waals surface area (Å²) in [6, 6.07) is 7.59. The lowest BCUT2D eigenvalue weighted by Gasteiger charge is -2.02. The summed E-state index contributed by atoms with van der Waals surface area (Å²) in [6.45, 7) is 3.34. The van der Waals surface area contributed by atoms with E-state index in [0.717, 1.165) is 13.3 Å². The average Bonchev–Trinajstić information content (AvgIpc) is 2.39. The second-order valence-corrected chi connectivity index (χ2v) is 5.06. The van der Waals surface area contributed by atoms with Crippen molar-refractivity contribution in [1.82, 2.24) is 0 Å². The molecule has 0 fully saturated rings. The molecule has 114 valence electrons. The smallest absolute Gasteiger partial charge is 0.300 e.